The van der Waals surface area contributed by atoms with Gasteiger partial charge in [0.2, 0.25) is 0 Å². The molecule has 3 nitrogen and oxygen atoms in total. The molecule has 0 radical (unpaired) electrons. The van der Waals surface area contributed by atoms with Crippen molar-refractivity contribution in [3.8, 4) is 0 Å². The average molecular weight is 197 g/mol. The van der Waals surface area contributed by atoms with Gasteiger partial charge in [-0.15, -0.1) is 13.2 Å². The normalized spacial score (nSPS) is 11.8. The van der Waals surface area contributed by atoms with Crippen LogP contribution in [0.2, 0.25) is 0 Å². The van der Waals surface area contributed by atoms with Crippen LogP contribution in [0.4, 0.5) is 0 Å². The number of hydrogen-bond donors (Lipinski definition) is 1. The molecule has 0 aliphatic heterocycles. The van der Waals surface area contributed by atoms with Crippen molar-refractivity contribution >= 4 is 5.97 Å². The zero-order valence-corrected chi connectivity index (χ0v) is 8.79. The molecule has 0 bridgehead atoms. The maximum absolute atomic E-state index is 11.4. The van der Waals surface area contributed by atoms with Crippen molar-refractivity contribution in [3.05, 3.63) is 25.3 Å². The topological polar surface area (TPSA) is 38.3 Å². The third kappa shape index (κ3) is 5.54. The number of carbonyl (C=O) groups excluding carboxylic acids is 1. The van der Waals surface area contributed by atoms with Gasteiger partial charge in [0, 0.05) is 0 Å². The molecule has 80 valence electrons. The monoisotopic (exact) mass is 197 g/mol. The molecule has 0 amide bonds. The largest absolute Gasteiger partial charge is 0.465 e. The molecule has 0 spiro atoms. The third-order valence-electron chi connectivity index (χ3n) is 1.71. The van der Waals surface area contributed by atoms with Crippen LogP contribution in [0.1, 0.15) is 19.8 Å². The summed E-state index contributed by atoms with van der Waals surface area (Å²) in [7, 11) is 0. The van der Waals surface area contributed by atoms with Crippen LogP contribution in [-0.4, -0.2) is 25.2 Å². The number of carbonyl (C=O) groups is 1. The van der Waals surface area contributed by atoms with Crippen molar-refractivity contribution < 1.29 is 9.53 Å². The molecule has 1 atom stereocenters. The van der Waals surface area contributed by atoms with Crippen molar-refractivity contribution in [3.63, 3.8) is 0 Å². The Kier molecular flexibility index (Phi) is 7.84. The summed E-state index contributed by atoms with van der Waals surface area (Å²) in [5.41, 5.74) is 0. The fraction of sp³-hybridized carbons (Fsp3) is 0.545. The van der Waals surface area contributed by atoms with Gasteiger partial charge >= 0.3 is 5.97 Å². The summed E-state index contributed by atoms with van der Waals surface area (Å²) < 4.78 is 4.91. The molecule has 14 heavy (non-hydrogen) atoms. The number of rotatable bonds is 8. The Morgan fingerprint density at radius 1 is 1.50 bits per heavy atom. The van der Waals surface area contributed by atoms with Crippen molar-refractivity contribution in [1.29, 1.82) is 0 Å². The summed E-state index contributed by atoms with van der Waals surface area (Å²) in [5.74, 6) is -0.212. The predicted molar refractivity (Wildman–Crippen MR) is 58.1 cm³/mol. The van der Waals surface area contributed by atoms with Crippen molar-refractivity contribution in [2.24, 2.45) is 0 Å². The molecule has 0 aromatic rings. The van der Waals surface area contributed by atoms with Gasteiger partial charge in [-0.3, -0.25) is 4.79 Å². The molecule has 1 N–H and O–H groups in total. The van der Waals surface area contributed by atoms with Gasteiger partial charge in [0.15, 0.2) is 0 Å². The Bertz CT molecular complexity index is 190. The quantitative estimate of drug-likeness (QED) is 0.365. The minimum absolute atomic E-state index is 0.212. The molecule has 0 heterocycles. The van der Waals surface area contributed by atoms with Crippen molar-refractivity contribution in [2.45, 2.75) is 25.8 Å². The van der Waals surface area contributed by atoms with Gasteiger partial charge in [0.25, 0.3) is 0 Å². The number of hydrogen-bond acceptors (Lipinski definition) is 3. The van der Waals surface area contributed by atoms with Crippen LogP contribution in [0.25, 0.3) is 0 Å². The first-order chi connectivity index (χ1) is 6.76. The van der Waals surface area contributed by atoms with E-state index in [-0.39, 0.29) is 12.0 Å². The van der Waals surface area contributed by atoms with Gasteiger partial charge < -0.3 is 10.1 Å². The number of nitrogens with one attached hydrogen (secondary N) is 1. The average Bonchev–Trinajstić information content (AvgIpc) is 2.17. The molecule has 1 unspecified atom stereocenters. The molecule has 0 saturated carbocycles. The minimum Gasteiger partial charge on any atom is -0.465 e. The smallest absolute Gasteiger partial charge is 0.323 e. The fourth-order valence-corrected chi connectivity index (χ4v) is 1.03. The van der Waals surface area contributed by atoms with Crippen molar-refractivity contribution in [1.82, 2.24) is 5.32 Å². The first-order valence-corrected chi connectivity index (χ1v) is 4.88. The summed E-state index contributed by atoms with van der Waals surface area (Å²) >= 11 is 0. The second-order valence-electron chi connectivity index (χ2n) is 2.86. The zero-order valence-electron chi connectivity index (χ0n) is 8.79. The van der Waals surface area contributed by atoms with Crippen LogP contribution >= 0.6 is 0 Å². The second kappa shape index (κ2) is 8.51. The first kappa shape index (κ1) is 12.9. The molecule has 0 aliphatic rings. The lowest BCUT2D eigenvalue weighted by Crippen LogP contribution is -2.38. The summed E-state index contributed by atoms with van der Waals surface area (Å²) in [6, 6.07) is -0.271. The second-order valence-corrected chi connectivity index (χ2v) is 2.86. The van der Waals surface area contributed by atoms with E-state index in [9.17, 15) is 4.79 Å². The Balaban J connectivity index is 3.92. The summed E-state index contributed by atoms with van der Waals surface area (Å²) in [6.45, 7) is 10.2. The van der Waals surface area contributed by atoms with Crippen LogP contribution in [0.3, 0.4) is 0 Å². The van der Waals surface area contributed by atoms with E-state index in [1.54, 1.807) is 13.0 Å². The van der Waals surface area contributed by atoms with E-state index in [2.05, 4.69) is 18.5 Å². The standard InChI is InChI=1S/C11H19NO2/c1-4-7-9-12-10(8-5-2)11(13)14-6-3/h4-5,10,12H,1-2,6-9H2,3H3. The SMILES string of the molecule is C=CCCNC(CC=C)C(=O)OCC. The van der Waals surface area contributed by atoms with E-state index < -0.39 is 0 Å². The fourth-order valence-electron chi connectivity index (χ4n) is 1.03. The van der Waals surface area contributed by atoms with E-state index in [4.69, 9.17) is 4.74 Å². The van der Waals surface area contributed by atoms with Gasteiger partial charge in [0.1, 0.15) is 6.04 Å². The highest BCUT2D eigenvalue weighted by Crippen LogP contribution is 1.97. The molecule has 0 aromatic heterocycles. The maximum Gasteiger partial charge on any atom is 0.323 e. The molecule has 0 aromatic carbocycles. The van der Waals surface area contributed by atoms with Gasteiger partial charge in [0.05, 0.1) is 6.61 Å². The molecular formula is C11H19NO2. The van der Waals surface area contributed by atoms with Crippen LogP contribution in [-0.2, 0) is 9.53 Å². The van der Waals surface area contributed by atoms with Crippen LogP contribution in [0.5, 0.6) is 0 Å². The Hall–Kier alpha value is -1.09. The molecule has 0 rings (SSSR count). The first-order valence-electron chi connectivity index (χ1n) is 4.88. The van der Waals surface area contributed by atoms with Gasteiger partial charge in [-0.25, -0.2) is 0 Å². The molecule has 0 saturated heterocycles. The third-order valence-corrected chi connectivity index (χ3v) is 1.71. The van der Waals surface area contributed by atoms with Gasteiger partial charge in [-0.1, -0.05) is 12.2 Å². The molecule has 3 heteroatoms. The summed E-state index contributed by atoms with van der Waals surface area (Å²) in [5, 5.41) is 3.09. The maximum atomic E-state index is 11.4. The lowest BCUT2D eigenvalue weighted by molar-refractivity contribution is -0.145. The highest BCUT2D eigenvalue weighted by Gasteiger charge is 2.16. The van der Waals surface area contributed by atoms with Crippen LogP contribution in [0.15, 0.2) is 25.3 Å². The highest BCUT2D eigenvalue weighted by molar-refractivity contribution is 5.75. The van der Waals surface area contributed by atoms with E-state index >= 15 is 0 Å². The molecule has 0 fully saturated rings. The van der Waals surface area contributed by atoms with E-state index in [0.29, 0.717) is 13.0 Å². The highest BCUT2D eigenvalue weighted by atomic mass is 16.5. The molecular weight excluding hydrogens is 178 g/mol. The van der Waals surface area contributed by atoms with E-state index in [1.165, 1.54) is 0 Å². The number of esters is 1. The summed E-state index contributed by atoms with van der Waals surface area (Å²) in [4.78, 5) is 11.4. The van der Waals surface area contributed by atoms with Gasteiger partial charge in [-0.2, -0.15) is 0 Å². The zero-order chi connectivity index (χ0) is 10.8. The van der Waals surface area contributed by atoms with Crippen LogP contribution in [0, 0.1) is 0 Å². The van der Waals surface area contributed by atoms with E-state index in [0.717, 1.165) is 13.0 Å². The van der Waals surface area contributed by atoms with Crippen molar-refractivity contribution in [2.75, 3.05) is 13.2 Å². The Morgan fingerprint density at radius 2 is 2.21 bits per heavy atom. The van der Waals surface area contributed by atoms with Crippen LogP contribution < -0.4 is 5.32 Å². The molecule has 0 aliphatic carbocycles. The Labute approximate surface area is 85.8 Å². The van der Waals surface area contributed by atoms with Gasteiger partial charge in [-0.05, 0) is 26.3 Å². The lowest BCUT2D eigenvalue weighted by Gasteiger charge is -2.14. The van der Waals surface area contributed by atoms with E-state index in [1.807, 2.05) is 6.08 Å². The Morgan fingerprint density at radius 3 is 2.71 bits per heavy atom. The predicted octanol–water partition coefficient (Wildman–Crippen LogP) is 1.66. The minimum atomic E-state index is -0.271. The summed E-state index contributed by atoms with van der Waals surface area (Å²) in [6.07, 6.45) is 4.95. The lowest BCUT2D eigenvalue weighted by atomic mass is 10.2. The number of ether oxygens (including phenoxy) is 1.